The third kappa shape index (κ3) is 5.51. The summed E-state index contributed by atoms with van der Waals surface area (Å²) in [6.45, 7) is 3.92. The third-order valence-corrected chi connectivity index (χ3v) is 6.78. The van der Waals surface area contributed by atoms with E-state index >= 15 is 0 Å². The number of halogens is 2. The Labute approximate surface area is 204 Å². The van der Waals surface area contributed by atoms with Crippen LogP contribution in [-0.2, 0) is 5.75 Å². The number of nitrogens with one attached hydrogen (secondary N) is 1. The lowest BCUT2D eigenvalue weighted by Gasteiger charge is -2.17. The van der Waals surface area contributed by atoms with E-state index in [1.807, 2.05) is 60.9 Å². The summed E-state index contributed by atoms with van der Waals surface area (Å²) >= 11 is 4.94. The quantitative estimate of drug-likeness (QED) is 0.290. The van der Waals surface area contributed by atoms with Crippen molar-refractivity contribution in [1.29, 1.82) is 0 Å². The summed E-state index contributed by atoms with van der Waals surface area (Å²) in [6.07, 6.45) is 0. The number of benzene rings is 3. The van der Waals surface area contributed by atoms with Gasteiger partial charge in [-0.15, -0.1) is 10.2 Å². The monoisotopic (exact) mass is 524 g/mol. The number of rotatable bonds is 7. The Bertz CT molecular complexity index is 1260. The van der Waals surface area contributed by atoms with Crippen LogP contribution < -0.4 is 5.32 Å². The highest BCUT2D eigenvalue weighted by molar-refractivity contribution is 9.10. The molecule has 1 atom stereocenters. The van der Waals surface area contributed by atoms with Gasteiger partial charge in [-0.25, -0.2) is 4.39 Å². The summed E-state index contributed by atoms with van der Waals surface area (Å²) in [5.74, 6) is 0.778. The first kappa shape index (κ1) is 23.2. The van der Waals surface area contributed by atoms with Gasteiger partial charge in [0.15, 0.2) is 11.0 Å². The molecule has 1 amide bonds. The molecule has 8 heteroatoms. The van der Waals surface area contributed by atoms with Gasteiger partial charge in [0, 0.05) is 15.9 Å². The van der Waals surface area contributed by atoms with E-state index in [0.29, 0.717) is 22.3 Å². The Balaban J connectivity index is 1.62. The molecule has 5 nitrogen and oxygen atoms in total. The lowest BCUT2D eigenvalue weighted by molar-refractivity contribution is 0.0937. The maximum atomic E-state index is 13.2. The average Bonchev–Trinajstić information content (AvgIpc) is 3.23. The minimum Gasteiger partial charge on any atom is -0.342 e. The average molecular weight is 525 g/mol. The highest BCUT2D eigenvalue weighted by atomic mass is 79.9. The van der Waals surface area contributed by atoms with Crippen LogP contribution in [0.4, 0.5) is 4.39 Å². The molecule has 0 fully saturated rings. The van der Waals surface area contributed by atoms with E-state index in [-0.39, 0.29) is 11.7 Å². The molecule has 33 heavy (non-hydrogen) atoms. The van der Waals surface area contributed by atoms with E-state index < -0.39 is 6.04 Å². The second kappa shape index (κ2) is 10.3. The molecule has 168 valence electrons. The number of aryl methyl sites for hydroxylation is 1. The zero-order valence-corrected chi connectivity index (χ0v) is 20.5. The first-order chi connectivity index (χ1) is 15.9. The van der Waals surface area contributed by atoms with Crippen LogP contribution in [0, 0.1) is 12.7 Å². The lowest BCUT2D eigenvalue weighted by Crippen LogP contribution is -2.29. The molecule has 0 radical (unpaired) electrons. The summed E-state index contributed by atoms with van der Waals surface area (Å²) in [5, 5.41) is 12.5. The summed E-state index contributed by atoms with van der Waals surface area (Å²) in [5.41, 5.74) is 3.58. The maximum Gasteiger partial charge on any atom is 0.253 e. The number of thioether (sulfide) groups is 1. The van der Waals surface area contributed by atoms with E-state index in [2.05, 4.69) is 31.4 Å². The minimum atomic E-state index is -0.390. The Morgan fingerprint density at radius 3 is 2.45 bits per heavy atom. The van der Waals surface area contributed by atoms with Gasteiger partial charge in [0.25, 0.3) is 5.91 Å². The second-order valence-electron chi connectivity index (χ2n) is 7.60. The van der Waals surface area contributed by atoms with Gasteiger partial charge in [0.2, 0.25) is 0 Å². The Hall–Kier alpha value is -2.97. The Morgan fingerprint density at radius 2 is 1.76 bits per heavy atom. The Kier molecular flexibility index (Phi) is 7.25. The number of carbonyl (C=O) groups excluding carboxylic acids is 1. The van der Waals surface area contributed by atoms with E-state index in [9.17, 15) is 9.18 Å². The molecular formula is C25H22BrFN4OS. The molecule has 1 unspecified atom stereocenters. The highest BCUT2D eigenvalue weighted by Crippen LogP contribution is 2.28. The van der Waals surface area contributed by atoms with Crippen molar-refractivity contribution in [1.82, 2.24) is 20.1 Å². The van der Waals surface area contributed by atoms with E-state index in [4.69, 9.17) is 0 Å². The molecule has 4 rings (SSSR count). The van der Waals surface area contributed by atoms with Crippen molar-refractivity contribution in [3.8, 4) is 5.69 Å². The molecular weight excluding hydrogens is 503 g/mol. The van der Waals surface area contributed by atoms with Crippen molar-refractivity contribution in [2.24, 2.45) is 0 Å². The van der Waals surface area contributed by atoms with Gasteiger partial charge >= 0.3 is 0 Å². The van der Waals surface area contributed by atoms with Crippen molar-refractivity contribution < 1.29 is 9.18 Å². The molecule has 0 bridgehead atoms. The highest BCUT2D eigenvalue weighted by Gasteiger charge is 2.22. The number of aromatic nitrogens is 3. The summed E-state index contributed by atoms with van der Waals surface area (Å²) in [4.78, 5) is 12.9. The fourth-order valence-corrected chi connectivity index (χ4v) is 4.68. The van der Waals surface area contributed by atoms with Gasteiger partial charge in [-0.05, 0) is 71.7 Å². The number of hydrogen-bond donors (Lipinski definition) is 1. The topological polar surface area (TPSA) is 59.8 Å². The van der Waals surface area contributed by atoms with E-state index in [1.165, 1.54) is 23.9 Å². The third-order valence-electron chi connectivity index (χ3n) is 5.09. The van der Waals surface area contributed by atoms with Crippen LogP contribution in [0.3, 0.4) is 0 Å². The first-order valence-corrected chi connectivity index (χ1v) is 12.1. The molecule has 0 aliphatic carbocycles. The normalized spacial score (nSPS) is 11.9. The molecule has 0 saturated carbocycles. The molecule has 0 aliphatic heterocycles. The predicted molar refractivity (Wildman–Crippen MR) is 132 cm³/mol. The molecule has 0 spiro atoms. The lowest BCUT2D eigenvalue weighted by atomic mass is 10.2. The van der Waals surface area contributed by atoms with Crippen molar-refractivity contribution in [3.63, 3.8) is 0 Å². The molecule has 1 N–H and O–H groups in total. The van der Waals surface area contributed by atoms with Crippen LogP contribution in [0.1, 0.15) is 40.3 Å². The van der Waals surface area contributed by atoms with Crippen molar-refractivity contribution in [2.75, 3.05) is 0 Å². The van der Waals surface area contributed by atoms with Gasteiger partial charge in [-0.2, -0.15) is 0 Å². The fourth-order valence-electron chi connectivity index (χ4n) is 3.30. The zero-order chi connectivity index (χ0) is 23.4. The largest absolute Gasteiger partial charge is 0.342 e. The van der Waals surface area contributed by atoms with Crippen LogP contribution in [0.25, 0.3) is 5.69 Å². The molecule has 3 aromatic carbocycles. The summed E-state index contributed by atoms with van der Waals surface area (Å²) < 4.78 is 15.9. The van der Waals surface area contributed by atoms with Crippen molar-refractivity contribution in [2.45, 2.75) is 30.8 Å². The SMILES string of the molecule is Cc1ccc(-n2c(SCc3ccc(F)cc3)nnc2C(C)NC(=O)c2ccccc2Br)cc1. The molecule has 0 aliphatic rings. The first-order valence-electron chi connectivity index (χ1n) is 10.4. The van der Waals surface area contributed by atoms with Crippen LogP contribution in [-0.4, -0.2) is 20.7 Å². The summed E-state index contributed by atoms with van der Waals surface area (Å²) in [6, 6.07) is 21.4. The van der Waals surface area contributed by atoms with Crippen LogP contribution in [0.15, 0.2) is 82.4 Å². The molecule has 4 aromatic rings. The minimum absolute atomic E-state index is 0.200. The zero-order valence-electron chi connectivity index (χ0n) is 18.1. The molecule has 1 aromatic heterocycles. The number of carbonyl (C=O) groups is 1. The fraction of sp³-hybridized carbons (Fsp3) is 0.160. The van der Waals surface area contributed by atoms with Crippen molar-refractivity contribution >= 4 is 33.6 Å². The number of amides is 1. The van der Waals surface area contributed by atoms with Crippen LogP contribution in [0.5, 0.6) is 0 Å². The van der Waals surface area contributed by atoms with Gasteiger partial charge in [0.1, 0.15) is 5.82 Å². The van der Waals surface area contributed by atoms with Gasteiger partial charge in [-0.1, -0.05) is 53.7 Å². The number of nitrogens with zero attached hydrogens (tertiary/aromatic N) is 3. The smallest absolute Gasteiger partial charge is 0.253 e. The second-order valence-corrected chi connectivity index (χ2v) is 9.40. The molecule has 1 heterocycles. The van der Waals surface area contributed by atoms with Crippen molar-refractivity contribution in [3.05, 3.63) is 106 Å². The van der Waals surface area contributed by atoms with Gasteiger partial charge < -0.3 is 5.32 Å². The van der Waals surface area contributed by atoms with Gasteiger partial charge in [0.05, 0.1) is 11.6 Å². The Morgan fingerprint density at radius 1 is 1.06 bits per heavy atom. The maximum absolute atomic E-state index is 13.2. The van der Waals surface area contributed by atoms with E-state index in [0.717, 1.165) is 21.3 Å². The standard InChI is InChI=1S/C25H22BrFN4OS/c1-16-7-13-20(14-8-16)31-23(17(2)28-24(32)21-5-3-4-6-22(21)26)29-30-25(31)33-15-18-9-11-19(27)12-10-18/h3-14,17H,15H2,1-2H3,(H,28,32). The predicted octanol–water partition coefficient (Wildman–Crippen LogP) is 6.26. The molecule has 0 saturated heterocycles. The summed E-state index contributed by atoms with van der Waals surface area (Å²) in [7, 11) is 0. The van der Waals surface area contributed by atoms with Crippen LogP contribution >= 0.6 is 27.7 Å². The number of hydrogen-bond acceptors (Lipinski definition) is 4. The van der Waals surface area contributed by atoms with Crippen LogP contribution in [0.2, 0.25) is 0 Å². The van der Waals surface area contributed by atoms with E-state index in [1.54, 1.807) is 18.2 Å². The van der Waals surface area contributed by atoms with Gasteiger partial charge in [-0.3, -0.25) is 9.36 Å².